The second kappa shape index (κ2) is 5.79. The van der Waals surface area contributed by atoms with Gasteiger partial charge in [0, 0.05) is 28.8 Å². The molecule has 2 aromatic heterocycles. The van der Waals surface area contributed by atoms with Gasteiger partial charge in [0.15, 0.2) is 5.69 Å². The van der Waals surface area contributed by atoms with Crippen LogP contribution in [0.2, 0.25) is 0 Å². The van der Waals surface area contributed by atoms with E-state index in [-0.39, 0.29) is 18.1 Å². The zero-order chi connectivity index (χ0) is 15.8. The Morgan fingerprint density at radius 2 is 2.26 bits per heavy atom. The second-order valence-electron chi connectivity index (χ2n) is 5.80. The lowest BCUT2D eigenvalue weighted by Crippen LogP contribution is -2.28. The predicted molar refractivity (Wildman–Crippen MR) is 87.6 cm³/mol. The van der Waals surface area contributed by atoms with Gasteiger partial charge in [-0.05, 0) is 29.7 Å². The second-order valence-corrected chi connectivity index (χ2v) is 6.71. The lowest BCUT2D eigenvalue weighted by atomic mass is 10.1. The van der Waals surface area contributed by atoms with Crippen LogP contribution in [0.25, 0.3) is 10.1 Å². The molecule has 1 saturated carbocycles. The summed E-state index contributed by atoms with van der Waals surface area (Å²) in [7, 11) is 0. The van der Waals surface area contributed by atoms with Gasteiger partial charge in [0.1, 0.15) is 5.76 Å². The van der Waals surface area contributed by atoms with Crippen molar-refractivity contribution in [3.63, 3.8) is 0 Å². The number of aliphatic hydroxyl groups excluding tert-OH is 1. The summed E-state index contributed by atoms with van der Waals surface area (Å²) in [6.07, 6.45) is 1.45. The Hall–Kier alpha value is -2.18. The molecule has 2 N–H and O–H groups in total. The summed E-state index contributed by atoms with van der Waals surface area (Å²) in [5, 5.41) is 19.8. The molecular formula is C17H16N2O3S. The van der Waals surface area contributed by atoms with E-state index in [1.54, 1.807) is 17.4 Å². The maximum absolute atomic E-state index is 12.1. The van der Waals surface area contributed by atoms with Crippen LogP contribution in [-0.4, -0.2) is 22.7 Å². The van der Waals surface area contributed by atoms with Crippen LogP contribution in [0.4, 0.5) is 0 Å². The Kier molecular flexibility index (Phi) is 3.63. The van der Waals surface area contributed by atoms with Gasteiger partial charge in [0.25, 0.3) is 5.91 Å². The molecule has 0 aliphatic heterocycles. The molecule has 23 heavy (non-hydrogen) atoms. The Balaban J connectivity index is 1.42. The first-order valence-electron chi connectivity index (χ1n) is 7.61. The quantitative estimate of drug-likeness (QED) is 0.754. The minimum Gasteiger partial charge on any atom is -0.387 e. The number of aromatic nitrogens is 1. The number of fused-ring (bicyclic) bond motifs is 1. The van der Waals surface area contributed by atoms with Crippen molar-refractivity contribution in [1.82, 2.24) is 10.5 Å². The van der Waals surface area contributed by atoms with Crippen molar-refractivity contribution in [3.8, 4) is 0 Å². The van der Waals surface area contributed by atoms with Gasteiger partial charge in [-0.3, -0.25) is 4.79 Å². The van der Waals surface area contributed by atoms with Gasteiger partial charge in [0.2, 0.25) is 0 Å². The van der Waals surface area contributed by atoms with Crippen LogP contribution in [-0.2, 0) is 0 Å². The molecule has 0 spiro atoms. The molecule has 6 heteroatoms. The first-order valence-corrected chi connectivity index (χ1v) is 8.49. The maximum atomic E-state index is 12.1. The summed E-state index contributed by atoms with van der Waals surface area (Å²) in [5.74, 6) is 0.880. The monoisotopic (exact) mass is 328 g/mol. The predicted octanol–water partition coefficient (Wildman–Crippen LogP) is 3.23. The molecule has 2 heterocycles. The van der Waals surface area contributed by atoms with Gasteiger partial charge >= 0.3 is 0 Å². The first kappa shape index (κ1) is 14.4. The first-order chi connectivity index (χ1) is 11.2. The van der Waals surface area contributed by atoms with Gasteiger partial charge < -0.3 is 14.9 Å². The Morgan fingerprint density at radius 3 is 3.09 bits per heavy atom. The molecule has 0 unspecified atom stereocenters. The van der Waals surface area contributed by atoms with Crippen molar-refractivity contribution >= 4 is 27.3 Å². The number of hydrogen-bond donors (Lipinski definition) is 2. The summed E-state index contributed by atoms with van der Waals surface area (Å²) in [5.41, 5.74) is 1.11. The van der Waals surface area contributed by atoms with Crippen LogP contribution in [0.15, 0.2) is 40.2 Å². The molecule has 0 radical (unpaired) electrons. The summed E-state index contributed by atoms with van der Waals surface area (Å²) in [4.78, 5) is 12.1. The van der Waals surface area contributed by atoms with Crippen molar-refractivity contribution < 1.29 is 14.4 Å². The number of hydrogen-bond acceptors (Lipinski definition) is 5. The van der Waals surface area contributed by atoms with Gasteiger partial charge in [-0.25, -0.2) is 0 Å². The van der Waals surface area contributed by atoms with E-state index in [9.17, 15) is 9.90 Å². The summed E-state index contributed by atoms with van der Waals surface area (Å²) in [6, 6.07) is 9.60. The molecular weight excluding hydrogens is 312 g/mol. The minimum atomic E-state index is -0.745. The fourth-order valence-electron chi connectivity index (χ4n) is 2.60. The van der Waals surface area contributed by atoms with E-state index in [4.69, 9.17) is 4.52 Å². The Morgan fingerprint density at radius 1 is 1.43 bits per heavy atom. The number of carbonyl (C=O) groups excluding carboxylic acids is 1. The molecule has 4 rings (SSSR count). The molecule has 118 valence electrons. The SMILES string of the molecule is O=C(NC[C@H](O)c1csc2ccccc12)c1cc(C2CC2)on1. The molecule has 0 bridgehead atoms. The topological polar surface area (TPSA) is 75.4 Å². The largest absolute Gasteiger partial charge is 0.387 e. The smallest absolute Gasteiger partial charge is 0.273 e. The van der Waals surface area contributed by atoms with Crippen molar-refractivity contribution in [3.05, 3.63) is 52.7 Å². The number of nitrogens with one attached hydrogen (secondary N) is 1. The number of aliphatic hydroxyl groups is 1. The molecule has 1 aromatic carbocycles. The molecule has 1 amide bonds. The van der Waals surface area contributed by atoms with Crippen LogP contribution in [0.5, 0.6) is 0 Å². The highest BCUT2D eigenvalue weighted by molar-refractivity contribution is 7.17. The van der Waals surface area contributed by atoms with Crippen molar-refractivity contribution in [2.24, 2.45) is 0 Å². The van der Waals surface area contributed by atoms with Crippen LogP contribution >= 0.6 is 11.3 Å². The van der Waals surface area contributed by atoms with Crippen molar-refractivity contribution in [2.45, 2.75) is 24.9 Å². The van der Waals surface area contributed by atoms with Crippen LogP contribution in [0.1, 0.15) is 46.7 Å². The molecule has 1 fully saturated rings. The van der Waals surface area contributed by atoms with Gasteiger partial charge in [-0.15, -0.1) is 11.3 Å². The average Bonchev–Trinajstić information content (AvgIpc) is 3.14. The standard InChI is InChI=1S/C17H16N2O3S/c20-14(12-9-23-16-4-2-1-3-11(12)16)8-18-17(21)13-7-15(22-19-13)10-5-6-10/h1-4,7,9-10,14,20H,5-6,8H2,(H,18,21)/t14-/m0/s1. The highest BCUT2D eigenvalue weighted by Gasteiger charge is 2.29. The number of thiophene rings is 1. The Labute approximate surface area is 136 Å². The van der Waals surface area contributed by atoms with E-state index < -0.39 is 6.10 Å². The fraction of sp³-hybridized carbons (Fsp3) is 0.294. The van der Waals surface area contributed by atoms with Crippen LogP contribution in [0.3, 0.4) is 0 Å². The van der Waals surface area contributed by atoms with Gasteiger partial charge in [-0.2, -0.15) is 0 Å². The third-order valence-electron chi connectivity index (χ3n) is 4.07. The zero-order valence-electron chi connectivity index (χ0n) is 12.4. The molecule has 1 aliphatic carbocycles. The fourth-order valence-corrected chi connectivity index (χ4v) is 3.61. The number of carbonyl (C=O) groups is 1. The van der Waals surface area contributed by atoms with Crippen LogP contribution < -0.4 is 5.32 Å². The van der Waals surface area contributed by atoms with E-state index in [2.05, 4.69) is 10.5 Å². The lowest BCUT2D eigenvalue weighted by Gasteiger charge is -2.10. The van der Waals surface area contributed by atoms with Crippen LogP contribution in [0, 0.1) is 0 Å². The van der Waals surface area contributed by atoms with Gasteiger partial charge in [-0.1, -0.05) is 23.4 Å². The maximum Gasteiger partial charge on any atom is 0.273 e. The summed E-state index contributed by atoms with van der Waals surface area (Å²) >= 11 is 1.59. The molecule has 1 atom stereocenters. The summed E-state index contributed by atoms with van der Waals surface area (Å²) in [6.45, 7) is 0.144. The number of amides is 1. The third-order valence-corrected chi connectivity index (χ3v) is 5.05. The van der Waals surface area contributed by atoms with E-state index in [1.165, 1.54) is 0 Å². The van der Waals surface area contributed by atoms with Crippen molar-refractivity contribution in [1.29, 1.82) is 0 Å². The molecule has 1 aliphatic rings. The minimum absolute atomic E-state index is 0.144. The van der Waals surface area contributed by atoms with E-state index in [1.807, 2.05) is 29.6 Å². The number of rotatable bonds is 5. The average molecular weight is 328 g/mol. The lowest BCUT2D eigenvalue weighted by molar-refractivity contribution is 0.0908. The molecule has 5 nitrogen and oxygen atoms in total. The van der Waals surface area contributed by atoms with E-state index in [0.717, 1.165) is 34.3 Å². The van der Waals surface area contributed by atoms with E-state index >= 15 is 0 Å². The third kappa shape index (κ3) is 2.87. The highest BCUT2D eigenvalue weighted by atomic mass is 32.1. The number of nitrogens with zero attached hydrogens (tertiary/aromatic N) is 1. The van der Waals surface area contributed by atoms with Crippen molar-refractivity contribution in [2.75, 3.05) is 6.54 Å². The summed E-state index contributed by atoms with van der Waals surface area (Å²) < 4.78 is 6.30. The highest BCUT2D eigenvalue weighted by Crippen LogP contribution is 2.40. The van der Waals surface area contributed by atoms with E-state index in [0.29, 0.717) is 5.92 Å². The molecule has 0 saturated heterocycles. The normalized spacial score (nSPS) is 15.7. The Bertz CT molecular complexity index is 850. The van der Waals surface area contributed by atoms with Gasteiger partial charge in [0.05, 0.1) is 6.10 Å². The number of benzene rings is 1. The molecule has 3 aromatic rings. The zero-order valence-corrected chi connectivity index (χ0v) is 13.2.